The van der Waals surface area contributed by atoms with E-state index in [9.17, 15) is 4.39 Å². The molecule has 1 unspecified atom stereocenters. The molecule has 5 heteroatoms. The molecule has 1 heterocycles. The van der Waals surface area contributed by atoms with Crippen LogP contribution in [0.4, 0.5) is 10.1 Å². The molecule has 1 saturated heterocycles. The lowest BCUT2D eigenvalue weighted by Gasteiger charge is -2.29. The molecule has 2 N–H and O–H groups in total. The fourth-order valence-electron chi connectivity index (χ4n) is 4.00. The molecular formula is C25H28FN3O. The van der Waals surface area contributed by atoms with Gasteiger partial charge in [0, 0.05) is 36.1 Å². The Bertz CT molecular complexity index is 984. The molecule has 156 valence electrons. The van der Waals surface area contributed by atoms with Crippen molar-refractivity contribution in [1.82, 2.24) is 4.90 Å². The van der Waals surface area contributed by atoms with E-state index in [0.717, 1.165) is 48.3 Å². The second-order valence-corrected chi connectivity index (χ2v) is 7.72. The van der Waals surface area contributed by atoms with E-state index in [-0.39, 0.29) is 12.0 Å². The highest BCUT2D eigenvalue weighted by molar-refractivity contribution is 6.13. The van der Waals surface area contributed by atoms with Gasteiger partial charge in [0.05, 0.1) is 12.3 Å². The van der Waals surface area contributed by atoms with Crippen molar-refractivity contribution in [2.75, 3.05) is 25.9 Å². The first-order valence-corrected chi connectivity index (χ1v) is 10.4. The van der Waals surface area contributed by atoms with E-state index >= 15 is 0 Å². The van der Waals surface area contributed by atoms with Gasteiger partial charge in [0.2, 0.25) is 0 Å². The molecule has 0 radical (unpaired) electrons. The van der Waals surface area contributed by atoms with Gasteiger partial charge in [-0.2, -0.15) is 0 Å². The summed E-state index contributed by atoms with van der Waals surface area (Å²) in [5, 5.41) is 0. The van der Waals surface area contributed by atoms with Gasteiger partial charge in [-0.15, -0.1) is 0 Å². The molecule has 4 rings (SSSR count). The summed E-state index contributed by atoms with van der Waals surface area (Å²) in [6.07, 6.45) is 5.08. The summed E-state index contributed by atoms with van der Waals surface area (Å²) in [5.74, 6) is -0.251. The van der Waals surface area contributed by atoms with Crippen LogP contribution in [0, 0.1) is 5.82 Å². The van der Waals surface area contributed by atoms with Crippen LogP contribution in [0.3, 0.4) is 0 Å². The summed E-state index contributed by atoms with van der Waals surface area (Å²) in [4.78, 5) is 6.92. The maximum atomic E-state index is 13.4. The van der Waals surface area contributed by atoms with Crippen LogP contribution in [0.25, 0.3) is 0 Å². The summed E-state index contributed by atoms with van der Waals surface area (Å²) < 4.78 is 19.7. The van der Waals surface area contributed by atoms with Crippen molar-refractivity contribution < 1.29 is 9.13 Å². The molecule has 2 aliphatic rings. The van der Waals surface area contributed by atoms with Crippen LogP contribution in [0.2, 0.25) is 0 Å². The number of ether oxygens (including phenoxy) is 1. The van der Waals surface area contributed by atoms with Gasteiger partial charge in [0.25, 0.3) is 0 Å². The average molecular weight is 406 g/mol. The van der Waals surface area contributed by atoms with Gasteiger partial charge in [0.15, 0.2) is 6.23 Å². The van der Waals surface area contributed by atoms with Crippen LogP contribution in [0.5, 0.6) is 0 Å². The molecule has 1 atom stereocenters. The molecule has 2 fully saturated rings. The first-order valence-electron chi connectivity index (χ1n) is 10.4. The van der Waals surface area contributed by atoms with E-state index in [1.54, 1.807) is 19.2 Å². The zero-order valence-electron chi connectivity index (χ0n) is 17.6. The highest BCUT2D eigenvalue weighted by Crippen LogP contribution is 2.39. The number of halogens is 1. The SMILES string of the molecule is C/C=C(\C(=NC)c1ccc(F)cc1)C1OCC(=C2CC2)N1CCc1ccc(N)cc1. The van der Waals surface area contributed by atoms with Crippen LogP contribution in [0.1, 0.15) is 30.9 Å². The maximum Gasteiger partial charge on any atom is 0.158 e. The number of anilines is 1. The average Bonchev–Trinajstić information content (AvgIpc) is 3.52. The Morgan fingerprint density at radius 2 is 1.87 bits per heavy atom. The number of aliphatic imine (C=N–C) groups is 1. The van der Waals surface area contributed by atoms with E-state index in [1.807, 2.05) is 19.1 Å². The molecular weight excluding hydrogens is 377 g/mol. The molecule has 2 aromatic rings. The lowest BCUT2D eigenvalue weighted by Crippen LogP contribution is -2.35. The zero-order chi connectivity index (χ0) is 21.1. The van der Waals surface area contributed by atoms with E-state index in [1.165, 1.54) is 29.0 Å². The maximum absolute atomic E-state index is 13.4. The van der Waals surface area contributed by atoms with Gasteiger partial charge in [-0.3, -0.25) is 4.99 Å². The van der Waals surface area contributed by atoms with Gasteiger partial charge in [-0.25, -0.2) is 4.39 Å². The zero-order valence-corrected chi connectivity index (χ0v) is 17.6. The molecule has 1 saturated carbocycles. The predicted octanol–water partition coefficient (Wildman–Crippen LogP) is 4.72. The highest BCUT2D eigenvalue weighted by atomic mass is 19.1. The second kappa shape index (κ2) is 8.84. The molecule has 30 heavy (non-hydrogen) atoms. The van der Waals surface area contributed by atoms with Crippen LogP contribution in [-0.4, -0.2) is 37.0 Å². The summed E-state index contributed by atoms with van der Waals surface area (Å²) in [6, 6.07) is 14.5. The molecule has 0 amide bonds. The molecule has 1 aliphatic heterocycles. The Morgan fingerprint density at radius 3 is 2.47 bits per heavy atom. The minimum atomic E-state index is -0.251. The van der Waals surface area contributed by atoms with Crippen molar-refractivity contribution in [3.8, 4) is 0 Å². The van der Waals surface area contributed by atoms with Gasteiger partial charge >= 0.3 is 0 Å². The van der Waals surface area contributed by atoms with Gasteiger partial charge < -0.3 is 15.4 Å². The molecule has 0 aromatic heterocycles. The Balaban J connectivity index is 1.60. The van der Waals surface area contributed by atoms with Crippen molar-refractivity contribution in [3.05, 3.63) is 88.4 Å². The fraction of sp³-hybridized carbons (Fsp3) is 0.320. The number of nitrogen functional groups attached to an aromatic ring is 1. The lowest BCUT2D eigenvalue weighted by molar-refractivity contribution is 0.0706. The van der Waals surface area contributed by atoms with Crippen molar-refractivity contribution >= 4 is 11.4 Å². The molecule has 0 bridgehead atoms. The summed E-state index contributed by atoms with van der Waals surface area (Å²) in [7, 11) is 1.77. The normalized spacial score (nSPS) is 19.6. The highest BCUT2D eigenvalue weighted by Gasteiger charge is 2.36. The molecule has 1 aliphatic carbocycles. The first kappa shape index (κ1) is 20.4. The molecule has 0 spiro atoms. The lowest BCUT2D eigenvalue weighted by atomic mass is 9.99. The smallest absolute Gasteiger partial charge is 0.158 e. The number of rotatable bonds is 6. The van der Waals surface area contributed by atoms with Crippen molar-refractivity contribution in [1.29, 1.82) is 0 Å². The van der Waals surface area contributed by atoms with Crippen molar-refractivity contribution in [3.63, 3.8) is 0 Å². The quantitative estimate of drug-likeness (QED) is 0.559. The Morgan fingerprint density at radius 1 is 1.17 bits per heavy atom. The van der Waals surface area contributed by atoms with E-state index in [0.29, 0.717) is 6.61 Å². The number of hydrogen-bond donors (Lipinski definition) is 1. The Labute approximate surface area is 177 Å². The van der Waals surface area contributed by atoms with E-state index in [4.69, 9.17) is 10.5 Å². The molecule has 4 nitrogen and oxygen atoms in total. The van der Waals surface area contributed by atoms with Crippen molar-refractivity contribution in [2.45, 2.75) is 32.4 Å². The number of benzene rings is 2. The van der Waals surface area contributed by atoms with Crippen LogP contribution < -0.4 is 5.73 Å². The third-order valence-electron chi connectivity index (χ3n) is 5.73. The van der Waals surface area contributed by atoms with Gasteiger partial charge in [-0.05, 0) is 73.7 Å². The van der Waals surface area contributed by atoms with Crippen molar-refractivity contribution in [2.24, 2.45) is 4.99 Å². The Hall–Kier alpha value is -2.92. The van der Waals surface area contributed by atoms with Gasteiger partial charge in [0.1, 0.15) is 5.82 Å². The summed E-state index contributed by atoms with van der Waals surface area (Å²) in [5.41, 5.74) is 13.4. The largest absolute Gasteiger partial charge is 0.399 e. The van der Waals surface area contributed by atoms with Crippen LogP contribution in [-0.2, 0) is 11.2 Å². The fourth-order valence-corrected chi connectivity index (χ4v) is 4.00. The van der Waals surface area contributed by atoms with Gasteiger partial charge in [-0.1, -0.05) is 18.2 Å². The monoisotopic (exact) mass is 405 g/mol. The topological polar surface area (TPSA) is 50.8 Å². The summed E-state index contributed by atoms with van der Waals surface area (Å²) >= 11 is 0. The number of allylic oxidation sites excluding steroid dienone is 2. The van der Waals surface area contributed by atoms with E-state index in [2.05, 4.69) is 28.1 Å². The standard InChI is InChI=1S/C25H28FN3O/c1-3-22(24(28-2)19-8-10-20(26)11-9-19)25-29(23(16-30-25)18-6-7-18)15-14-17-4-12-21(27)13-5-17/h3-5,8-13,25H,6-7,14-16,27H2,1-2H3/b22-3+,28-24?. The first-order chi connectivity index (χ1) is 14.6. The predicted molar refractivity (Wildman–Crippen MR) is 120 cm³/mol. The second-order valence-electron chi connectivity index (χ2n) is 7.72. The van der Waals surface area contributed by atoms with Crippen LogP contribution in [0.15, 0.2) is 76.4 Å². The minimum Gasteiger partial charge on any atom is -0.399 e. The number of hydrogen-bond acceptors (Lipinski definition) is 4. The number of nitrogens with zero attached hydrogens (tertiary/aromatic N) is 2. The van der Waals surface area contributed by atoms with E-state index < -0.39 is 0 Å². The third kappa shape index (κ3) is 4.31. The Kier molecular flexibility index (Phi) is 6.00. The summed E-state index contributed by atoms with van der Waals surface area (Å²) in [6.45, 7) is 3.48. The third-order valence-corrected chi connectivity index (χ3v) is 5.73. The van der Waals surface area contributed by atoms with Crippen LogP contribution >= 0.6 is 0 Å². The molecule has 2 aromatic carbocycles. The minimum absolute atomic E-state index is 0.198. The number of nitrogens with two attached hydrogens (primary N) is 1.